The highest BCUT2D eigenvalue weighted by molar-refractivity contribution is 6.19. The number of benzene rings is 1. The maximum Gasteiger partial charge on any atom is 0.119 e. The van der Waals surface area contributed by atoms with Crippen LogP contribution in [-0.2, 0) is 0 Å². The lowest BCUT2D eigenvalue weighted by molar-refractivity contribution is 0.300. The highest BCUT2D eigenvalue weighted by Crippen LogP contribution is 2.29. The molecule has 0 saturated heterocycles. The Morgan fingerprint density at radius 2 is 2.00 bits per heavy atom. The van der Waals surface area contributed by atoms with Gasteiger partial charge in [0, 0.05) is 5.56 Å². The molecule has 78 valence electrons. The van der Waals surface area contributed by atoms with Crippen LogP contribution in [0.25, 0.3) is 0 Å². The van der Waals surface area contributed by atoms with E-state index in [1.807, 2.05) is 24.3 Å². The molecular formula is C13H13ClO. The van der Waals surface area contributed by atoms with Crippen LogP contribution < -0.4 is 4.74 Å². The molecule has 1 nitrogen and oxygen atoms in total. The van der Waals surface area contributed by atoms with E-state index in [-0.39, 0.29) is 0 Å². The summed E-state index contributed by atoms with van der Waals surface area (Å²) in [5, 5.41) is 0. The van der Waals surface area contributed by atoms with Crippen molar-refractivity contribution in [2.24, 2.45) is 5.92 Å². The molecule has 0 unspecified atom stereocenters. The summed E-state index contributed by atoms with van der Waals surface area (Å²) in [6, 6.07) is 7.84. The van der Waals surface area contributed by atoms with E-state index in [1.165, 1.54) is 12.8 Å². The smallest absolute Gasteiger partial charge is 0.119 e. The first-order valence-electron chi connectivity index (χ1n) is 5.16. The van der Waals surface area contributed by atoms with E-state index < -0.39 is 0 Å². The standard InChI is InChI=1S/C13H13ClO/c14-9-1-2-11-5-7-13(8-6-11)15-10-12-3-4-12/h5-8,12H,3-4,9-10H2. The molecule has 2 rings (SSSR count). The number of alkyl halides is 1. The summed E-state index contributed by atoms with van der Waals surface area (Å²) in [5.41, 5.74) is 0.981. The van der Waals surface area contributed by atoms with Gasteiger partial charge < -0.3 is 4.74 Å². The average molecular weight is 221 g/mol. The molecule has 0 radical (unpaired) electrons. The summed E-state index contributed by atoms with van der Waals surface area (Å²) in [7, 11) is 0. The Labute approximate surface area is 95.4 Å². The van der Waals surface area contributed by atoms with Gasteiger partial charge in [-0.1, -0.05) is 11.8 Å². The zero-order chi connectivity index (χ0) is 10.5. The first kappa shape index (κ1) is 10.4. The average Bonchev–Trinajstić information content (AvgIpc) is 3.09. The highest BCUT2D eigenvalue weighted by atomic mass is 35.5. The normalized spacial score (nSPS) is 14.2. The van der Waals surface area contributed by atoms with Crippen LogP contribution >= 0.6 is 11.6 Å². The predicted octanol–water partition coefficient (Wildman–Crippen LogP) is 3.07. The fourth-order valence-electron chi connectivity index (χ4n) is 1.27. The molecule has 1 saturated carbocycles. The summed E-state index contributed by atoms with van der Waals surface area (Å²) >= 11 is 5.48. The number of hydrogen-bond donors (Lipinski definition) is 0. The van der Waals surface area contributed by atoms with Gasteiger partial charge in [0.15, 0.2) is 0 Å². The predicted molar refractivity (Wildman–Crippen MR) is 62.3 cm³/mol. The van der Waals surface area contributed by atoms with Crippen LogP contribution in [0.5, 0.6) is 5.75 Å². The SMILES string of the molecule is ClCC#Cc1ccc(OCC2CC2)cc1. The Hall–Kier alpha value is -1.13. The molecule has 0 amide bonds. The third-order valence-corrected chi connectivity index (χ3v) is 2.47. The Balaban J connectivity index is 1.90. The van der Waals surface area contributed by atoms with Crippen molar-refractivity contribution >= 4 is 11.6 Å². The van der Waals surface area contributed by atoms with Gasteiger partial charge in [-0.2, -0.15) is 0 Å². The molecule has 1 aliphatic carbocycles. The molecule has 0 atom stereocenters. The van der Waals surface area contributed by atoms with E-state index in [4.69, 9.17) is 16.3 Å². The third kappa shape index (κ3) is 3.49. The van der Waals surface area contributed by atoms with Crippen molar-refractivity contribution in [2.75, 3.05) is 12.5 Å². The van der Waals surface area contributed by atoms with Crippen LogP contribution in [-0.4, -0.2) is 12.5 Å². The summed E-state index contributed by atoms with van der Waals surface area (Å²) in [5.74, 6) is 7.88. The van der Waals surface area contributed by atoms with E-state index in [9.17, 15) is 0 Å². The molecule has 0 N–H and O–H groups in total. The van der Waals surface area contributed by atoms with Gasteiger partial charge in [0.1, 0.15) is 5.75 Å². The number of rotatable bonds is 3. The van der Waals surface area contributed by atoms with Crippen LogP contribution in [0, 0.1) is 17.8 Å². The van der Waals surface area contributed by atoms with Crippen LogP contribution in [0.15, 0.2) is 24.3 Å². The summed E-state index contributed by atoms with van der Waals surface area (Å²) in [6.45, 7) is 0.854. The van der Waals surface area contributed by atoms with Gasteiger partial charge in [-0.3, -0.25) is 0 Å². The minimum Gasteiger partial charge on any atom is -0.493 e. The first-order chi connectivity index (χ1) is 7.38. The Morgan fingerprint density at radius 1 is 1.27 bits per heavy atom. The fraction of sp³-hybridized carbons (Fsp3) is 0.385. The van der Waals surface area contributed by atoms with Crippen molar-refractivity contribution in [3.8, 4) is 17.6 Å². The lowest BCUT2D eigenvalue weighted by atomic mass is 10.2. The van der Waals surface area contributed by atoms with Gasteiger partial charge in [0.05, 0.1) is 12.5 Å². The summed E-state index contributed by atoms with van der Waals surface area (Å²) in [4.78, 5) is 0. The number of ether oxygens (including phenoxy) is 1. The molecule has 1 aliphatic rings. The van der Waals surface area contributed by atoms with Gasteiger partial charge in [0.2, 0.25) is 0 Å². The van der Waals surface area contributed by atoms with E-state index in [1.54, 1.807) is 0 Å². The quantitative estimate of drug-likeness (QED) is 0.562. The molecule has 1 aromatic carbocycles. The van der Waals surface area contributed by atoms with E-state index >= 15 is 0 Å². The maximum atomic E-state index is 5.62. The van der Waals surface area contributed by atoms with Gasteiger partial charge in [-0.25, -0.2) is 0 Å². The van der Waals surface area contributed by atoms with Gasteiger partial charge in [-0.05, 0) is 43.0 Å². The van der Waals surface area contributed by atoms with Crippen molar-refractivity contribution in [3.05, 3.63) is 29.8 Å². The second kappa shape index (κ2) is 5.09. The molecule has 0 spiro atoms. The van der Waals surface area contributed by atoms with Crippen LogP contribution in [0.2, 0.25) is 0 Å². The topological polar surface area (TPSA) is 9.23 Å². The second-order valence-corrected chi connectivity index (χ2v) is 3.98. The Morgan fingerprint density at radius 3 is 2.60 bits per heavy atom. The van der Waals surface area contributed by atoms with Gasteiger partial charge >= 0.3 is 0 Å². The molecule has 1 fully saturated rings. The fourth-order valence-corrected chi connectivity index (χ4v) is 1.34. The van der Waals surface area contributed by atoms with Gasteiger partial charge in [0.25, 0.3) is 0 Å². The van der Waals surface area contributed by atoms with E-state index in [0.717, 1.165) is 23.8 Å². The van der Waals surface area contributed by atoms with E-state index in [2.05, 4.69) is 11.8 Å². The van der Waals surface area contributed by atoms with Gasteiger partial charge in [-0.15, -0.1) is 11.6 Å². The third-order valence-electron chi connectivity index (χ3n) is 2.34. The zero-order valence-electron chi connectivity index (χ0n) is 8.50. The molecule has 2 heteroatoms. The van der Waals surface area contributed by atoms with Crippen LogP contribution in [0.4, 0.5) is 0 Å². The number of halogens is 1. The molecule has 0 aliphatic heterocycles. The highest BCUT2D eigenvalue weighted by Gasteiger charge is 2.21. The molecule has 15 heavy (non-hydrogen) atoms. The molecule has 0 heterocycles. The van der Waals surface area contributed by atoms with Crippen LogP contribution in [0.3, 0.4) is 0 Å². The molecule has 0 bridgehead atoms. The van der Waals surface area contributed by atoms with Crippen molar-refractivity contribution < 1.29 is 4.74 Å². The molecule has 1 aromatic rings. The summed E-state index contributed by atoms with van der Waals surface area (Å²) < 4.78 is 5.62. The first-order valence-corrected chi connectivity index (χ1v) is 5.69. The minimum absolute atomic E-state index is 0.375. The maximum absolute atomic E-state index is 5.62. The largest absolute Gasteiger partial charge is 0.493 e. The van der Waals surface area contributed by atoms with Crippen molar-refractivity contribution in [1.82, 2.24) is 0 Å². The lowest BCUT2D eigenvalue weighted by Gasteiger charge is -2.04. The number of hydrogen-bond acceptors (Lipinski definition) is 1. The zero-order valence-corrected chi connectivity index (χ0v) is 9.26. The monoisotopic (exact) mass is 220 g/mol. The molecule has 0 aromatic heterocycles. The minimum atomic E-state index is 0.375. The second-order valence-electron chi connectivity index (χ2n) is 3.71. The van der Waals surface area contributed by atoms with Crippen LogP contribution in [0.1, 0.15) is 18.4 Å². The van der Waals surface area contributed by atoms with Crippen molar-refractivity contribution in [3.63, 3.8) is 0 Å². The lowest BCUT2D eigenvalue weighted by Crippen LogP contribution is -1.98. The Kier molecular flexibility index (Phi) is 3.53. The van der Waals surface area contributed by atoms with E-state index in [0.29, 0.717) is 5.88 Å². The Bertz CT molecular complexity index is 368. The summed E-state index contributed by atoms with van der Waals surface area (Å²) in [6.07, 6.45) is 2.64. The van der Waals surface area contributed by atoms with Crippen molar-refractivity contribution in [1.29, 1.82) is 0 Å². The van der Waals surface area contributed by atoms with Crippen molar-refractivity contribution in [2.45, 2.75) is 12.8 Å². The molecular weight excluding hydrogens is 208 g/mol.